The molecule has 2 nitrogen and oxygen atoms in total. The molecule has 0 aliphatic carbocycles. The van der Waals surface area contributed by atoms with E-state index in [2.05, 4.69) is 48.5 Å². The molecule has 4 aromatic rings. The van der Waals surface area contributed by atoms with Crippen molar-refractivity contribution in [1.82, 2.24) is 0 Å². The van der Waals surface area contributed by atoms with Gasteiger partial charge in [-0.25, -0.2) is 0 Å². The van der Waals surface area contributed by atoms with Crippen molar-refractivity contribution in [2.45, 2.75) is 5.85 Å². The molecular weight excluding hydrogens is 430 g/mol. The van der Waals surface area contributed by atoms with Crippen molar-refractivity contribution in [3.63, 3.8) is 0 Å². The van der Waals surface area contributed by atoms with Crippen molar-refractivity contribution in [2.24, 2.45) is 0 Å². The van der Waals surface area contributed by atoms with Crippen LogP contribution in [0.25, 0.3) is 0 Å². The van der Waals surface area contributed by atoms with Crippen molar-refractivity contribution in [3.05, 3.63) is 133 Å². The Hall–Kier alpha value is -2.76. The van der Waals surface area contributed by atoms with E-state index < -0.39 is 20.4 Å². The minimum atomic E-state index is -2.39. The van der Waals surface area contributed by atoms with E-state index in [0.717, 1.165) is 21.2 Å². The Bertz CT molecular complexity index is 1130. The first-order chi connectivity index (χ1) is 15.7. The molecule has 5 rings (SSSR count). The Morgan fingerprint density at radius 1 is 0.531 bits per heavy atom. The summed E-state index contributed by atoms with van der Waals surface area (Å²) in [4.78, 5) is 0. The fourth-order valence-electron chi connectivity index (χ4n) is 4.82. The summed E-state index contributed by atoms with van der Waals surface area (Å²) in [6, 6.07) is 40.8. The number of hydrogen-bond acceptors (Lipinski definition) is 2. The Labute approximate surface area is 190 Å². The first-order valence-electron chi connectivity index (χ1n) is 10.8. The second-order valence-electron chi connectivity index (χ2n) is 8.08. The first kappa shape index (κ1) is 21.1. The van der Waals surface area contributed by atoms with Crippen LogP contribution in [0.5, 0.6) is 0 Å². The maximum Gasteiger partial charge on any atom is 0.284 e. The lowest BCUT2D eigenvalue weighted by molar-refractivity contribution is 0.279. The van der Waals surface area contributed by atoms with Gasteiger partial charge in [-0.1, -0.05) is 72.8 Å². The Morgan fingerprint density at radius 2 is 0.875 bits per heavy atom. The molecule has 32 heavy (non-hydrogen) atoms. The molecule has 0 saturated heterocycles. The van der Waals surface area contributed by atoms with Gasteiger partial charge < -0.3 is 10.2 Å². The van der Waals surface area contributed by atoms with E-state index in [1.54, 1.807) is 0 Å². The van der Waals surface area contributed by atoms with Gasteiger partial charge in [-0.05, 0) is 48.5 Å². The fourth-order valence-corrected chi connectivity index (χ4v) is 14.4. The van der Waals surface area contributed by atoms with E-state index in [0.29, 0.717) is 11.7 Å². The van der Waals surface area contributed by atoms with Crippen LogP contribution in [0, 0.1) is 0 Å². The smallest absolute Gasteiger partial charge is 0.284 e. The maximum absolute atomic E-state index is 12.0. The summed E-state index contributed by atoms with van der Waals surface area (Å²) in [5, 5.41) is 28.3. The van der Waals surface area contributed by atoms with Gasteiger partial charge >= 0.3 is 0 Å². The molecule has 0 saturated carbocycles. The number of rotatable bonds is 4. The van der Waals surface area contributed by atoms with Gasteiger partial charge in [-0.3, -0.25) is 0 Å². The van der Waals surface area contributed by atoms with Crippen LogP contribution in [-0.2, 0) is 0 Å². The normalized spacial score (nSPS) is 19.2. The van der Waals surface area contributed by atoms with Crippen LogP contribution >= 0.6 is 14.5 Å². The van der Waals surface area contributed by atoms with E-state index in [1.807, 2.05) is 78.6 Å². The predicted octanol–water partition coefficient (Wildman–Crippen LogP) is 5.01. The average molecular weight is 456 g/mol. The third kappa shape index (κ3) is 3.31. The Kier molecular flexibility index (Phi) is 5.70. The molecule has 158 valence electrons. The summed E-state index contributed by atoms with van der Waals surface area (Å²) in [5.41, 5.74) is 0.418. The third-order valence-electron chi connectivity index (χ3n) is 6.38. The molecule has 4 heteroatoms. The molecule has 1 aliphatic rings. The van der Waals surface area contributed by atoms with Crippen molar-refractivity contribution in [1.29, 1.82) is 0 Å². The Balaban J connectivity index is 1.81. The summed E-state index contributed by atoms with van der Waals surface area (Å²) < 4.78 is 0. The zero-order valence-electron chi connectivity index (χ0n) is 17.7. The van der Waals surface area contributed by atoms with Gasteiger partial charge in [-0.2, -0.15) is 0 Å². The van der Waals surface area contributed by atoms with E-state index in [1.165, 1.54) is 0 Å². The predicted molar refractivity (Wildman–Crippen MR) is 140 cm³/mol. The quantitative estimate of drug-likeness (QED) is 0.424. The van der Waals surface area contributed by atoms with Crippen molar-refractivity contribution in [3.8, 4) is 0 Å². The topological polar surface area (TPSA) is 40.5 Å². The van der Waals surface area contributed by atoms with E-state index >= 15 is 0 Å². The van der Waals surface area contributed by atoms with Crippen LogP contribution in [-0.4, -0.2) is 22.2 Å². The molecular formula is C28H26O2P2+2. The van der Waals surface area contributed by atoms with Gasteiger partial charge in [0, 0.05) is 0 Å². The lowest BCUT2D eigenvalue weighted by Crippen LogP contribution is -2.40. The largest absolute Gasteiger partial charge is 0.479 e. The van der Waals surface area contributed by atoms with Crippen LogP contribution in [0.4, 0.5) is 0 Å². The van der Waals surface area contributed by atoms with E-state index in [-0.39, 0.29) is 0 Å². The second kappa shape index (κ2) is 8.64. The minimum Gasteiger partial charge on any atom is -0.479 e. The molecule has 0 aromatic heterocycles. The fraction of sp³-hybridized carbons (Fsp3) is 0.0714. The van der Waals surface area contributed by atoms with Gasteiger partial charge in [-0.15, -0.1) is 0 Å². The minimum absolute atomic E-state index is 0.418. The van der Waals surface area contributed by atoms with Gasteiger partial charge in [0.2, 0.25) is 5.85 Å². The van der Waals surface area contributed by atoms with Gasteiger partial charge in [0.25, 0.3) is 5.50 Å². The molecule has 0 radical (unpaired) electrons. The average Bonchev–Trinajstić information content (AvgIpc) is 2.87. The van der Waals surface area contributed by atoms with Crippen molar-refractivity contribution < 1.29 is 10.2 Å². The lowest BCUT2D eigenvalue weighted by Gasteiger charge is -2.37. The zero-order valence-corrected chi connectivity index (χ0v) is 19.5. The standard InChI is InChI=1S/C28H25O2P2/c29-27-22-32(25-17-9-3-10-18-25,26-19-11-4-12-20-26)28(30)21-31(27,23-13-5-1-6-14-23)24-15-7-2-8-16-24/h1-21,27,29H,22H2/q+1/p+1. The summed E-state index contributed by atoms with van der Waals surface area (Å²) >= 11 is 0. The van der Waals surface area contributed by atoms with E-state index in [9.17, 15) is 10.2 Å². The molecule has 1 unspecified atom stereocenters. The van der Waals surface area contributed by atoms with Gasteiger partial charge in [0.1, 0.15) is 34.6 Å². The molecule has 2 N–H and O–H groups in total. The number of hydrogen-bond donors (Lipinski definition) is 2. The van der Waals surface area contributed by atoms with Crippen LogP contribution in [0.1, 0.15) is 0 Å². The summed E-state index contributed by atoms with van der Waals surface area (Å²) in [7, 11) is -4.76. The highest BCUT2D eigenvalue weighted by Gasteiger charge is 2.64. The molecule has 0 spiro atoms. The van der Waals surface area contributed by atoms with Crippen LogP contribution in [0.2, 0.25) is 0 Å². The summed E-state index contributed by atoms with van der Waals surface area (Å²) in [6.07, 6.45) is 0.515. The van der Waals surface area contributed by atoms with E-state index in [4.69, 9.17) is 0 Å². The molecule has 1 heterocycles. The highest BCUT2D eigenvalue weighted by molar-refractivity contribution is 7.99. The zero-order chi connectivity index (χ0) is 22.0. The van der Waals surface area contributed by atoms with Gasteiger partial charge in [0.05, 0.1) is 0 Å². The number of aliphatic hydroxyl groups excluding tert-OH is 2. The molecule has 0 amide bonds. The van der Waals surface area contributed by atoms with Crippen LogP contribution in [0.3, 0.4) is 0 Å². The summed E-state index contributed by atoms with van der Waals surface area (Å²) in [5.74, 6) is 1.44. The molecule has 0 bridgehead atoms. The second-order valence-corrected chi connectivity index (χ2v) is 15.0. The highest BCUT2D eigenvalue weighted by Crippen LogP contribution is 2.76. The molecule has 0 fully saturated rings. The lowest BCUT2D eigenvalue weighted by atomic mass is 10.4. The van der Waals surface area contributed by atoms with Crippen LogP contribution < -0.4 is 21.2 Å². The van der Waals surface area contributed by atoms with Gasteiger partial charge in [0.15, 0.2) is 13.1 Å². The number of benzene rings is 4. The third-order valence-corrected chi connectivity index (χ3v) is 15.1. The van der Waals surface area contributed by atoms with Crippen molar-refractivity contribution in [2.75, 3.05) is 6.16 Å². The highest BCUT2D eigenvalue weighted by atomic mass is 31.2. The maximum atomic E-state index is 12.0. The molecule has 1 aliphatic heterocycles. The SMILES string of the molecule is OC1=C[P+](c2ccccc2)(c2ccccc2)C(O)C[P+]1(c1ccccc1)c1ccccc1. The summed E-state index contributed by atoms with van der Waals surface area (Å²) in [6.45, 7) is 0. The van der Waals surface area contributed by atoms with Crippen LogP contribution in [0.15, 0.2) is 133 Å². The molecule has 4 aromatic carbocycles. The molecule has 1 atom stereocenters. The first-order valence-corrected chi connectivity index (χ1v) is 14.7. The monoisotopic (exact) mass is 456 g/mol. The Morgan fingerprint density at radius 3 is 1.25 bits per heavy atom. The van der Waals surface area contributed by atoms with Crippen molar-refractivity contribution >= 4 is 35.7 Å². The number of aliphatic hydroxyl groups is 2.